The van der Waals surface area contributed by atoms with Crippen LogP contribution in [-0.2, 0) is 37.0 Å². The first kappa shape index (κ1) is 39.7. The zero-order valence-electron chi connectivity index (χ0n) is 30.1. The highest BCUT2D eigenvalue weighted by atomic mass is 35.5. The summed E-state index contributed by atoms with van der Waals surface area (Å²) in [5.41, 5.74) is 2.43. The minimum Gasteiger partial charge on any atom is -0.390 e. The number of Topliss-reactive ketones (excluding diaryl/α,β-unsaturated/α-hetero) is 2. The van der Waals surface area contributed by atoms with Crippen LogP contribution < -0.4 is 10.6 Å². The van der Waals surface area contributed by atoms with Gasteiger partial charge in [-0.15, -0.1) is 0 Å². The quantitative estimate of drug-likeness (QED) is 0.0681. The van der Waals surface area contributed by atoms with Gasteiger partial charge in [0.2, 0.25) is 0 Å². The zero-order chi connectivity index (χ0) is 37.5. The van der Waals surface area contributed by atoms with Crippen LogP contribution in [0.4, 0.5) is 0 Å². The Morgan fingerprint density at radius 1 is 0.774 bits per heavy atom. The van der Waals surface area contributed by atoms with Gasteiger partial charge in [0.1, 0.15) is 24.7 Å². The lowest BCUT2D eigenvalue weighted by atomic mass is 9.92. The second-order valence-corrected chi connectivity index (χ2v) is 16.8. The topological polar surface area (TPSA) is 137 Å². The van der Waals surface area contributed by atoms with Crippen LogP contribution in [0.2, 0.25) is 10.0 Å². The Kier molecular flexibility index (Phi) is 13.9. The largest absolute Gasteiger partial charge is 0.390 e. The van der Waals surface area contributed by atoms with Gasteiger partial charge in [-0.2, -0.15) is 0 Å². The molecule has 2 saturated heterocycles. The van der Waals surface area contributed by atoms with E-state index in [4.69, 9.17) is 37.9 Å². The molecule has 2 aromatic carbocycles. The smallest absolute Gasteiger partial charge is 0.333 e. The van der Waals surface area contributed by atoms with E-state index in [1.54, 1.807) is 21.3 Å². The minimum atomic E-state index is -0.791. The number of ketones is 2. The molecule has 0 radical (unpaired) electrons. The van der Waals surface area contributed by atoms with Crippen molar-refractivity contribution in [2.75, 3.05) is 26.2 Å². The Bertz CT molecular complexity index is 1960. The molecule has 4 unspecified atom stereocenters. The molecule has 284 valence electrons. The van der Waals surface area contributed by atoms with Gasteiger partial charge < -0.3 is 24.5 Å². The van der Waals surface area contributed by atoms with E-state index >= 15 is 0 Å². The number of carbonyl (C=O) groups excluding carboxylic acids is 4. The number of rotatable bonds is 16. The van der Waals surface area contributed by atoms with Crippen LogP contribution in [0.1, 0.15) is 65.2 Å². The monoisotopic (exact) mass is 800 g/mol. The van der Waals surface area contributed by atoms with Gasteiger partial charge in [-0.05, 0) is 101 Å². The molecule has 2 aromatic heterocycles. The van der Waals surface area contributed by atoms with Gasteiger partial charge in [-0.25, -0.2) is 19.6 Å². The van der Waals surface area contributed by atoms with Crippen molar-refractivity contribution in [3.8, 4) is 0 Å². The highest BCUT2D eigenvalue weighted by Gasteiger charge is 2.34. The van der Waals surface area contributed by atoms with Gasteiger partial charge in [0.05, 0.1) is 42.6 Å². The molecule has 53 heavy (non-hydrogen) atoms. The Balaban J connectivity index is 1.24. The molecule has 4 atom stereocenters. The Morgan fingerprint density at radius 3 is 1.81 bits per heavy atom. The summed E-state index contributed by atoms with van der Waals surface area (Å²) in [6.45, 7) is 6.67. The Labute approximate surface area is 328 Å². The number of halogens is 2. The normalized spacial score (nSPS) is 18.9. The van der Waals surface area contributed by atoms with E-state index in [9.17, 15) is 19.2 Å². The van der Waals surface area contributed by atoms with Crippen molar-refractivity contribution in [3.63, 3.8) is 0 Å². The van der Waals surface area contributed by atoms with Crippen molar-refractivity contribution in [2.24, 2.45) is 11.8 Å². The number of thioether (sulfide) groups is 2. The lowest BCUT2D eigenvalue weighted by Gasteiger charge is -2.29. The number of hydrogen-bond acceptors (Lipinski definition) is 11. The standard InChI is InChI=1S/C38H46Cl2N6O5S2/c1-3-9-31(47)35(23-11-7-15-41-19-23)52-37-43-27-13-5-6-14-29(27)45(37)21-33(49)51-34(50)22-46-30-18-26(40)25(39)17-28(30)44-38(46)53-36(32(48)10-4-2)24-12-8-16-42-20-24/h5-6,13-14,17-18,23-24,35-36,41-42H,3-4,7-12,15-16,19-22H2,1-2H3. The fraction of sp³-hybridized carbons (Fsp3) is 0.526. The van der Waals surface area contributed by atoms with Gasteiger partial charge in [-0.3, -0.25) is 9.59 Å². The number of esters is 2. The van der Waals surface area contributed by atoms with Crippen LogP contribution in [0.15, 0.2) is 46.7 Å². The third kappa shape index (κ3) is 9.66. The number of carbonyl (C=O) groups is 4. The van der Waals surface area contributed by atoms with Crippen molar-refractivity contribution in [3.05, 3.63) is 46.4 Å². The predicted molar refractivity (Wildman–Crippen MR) is 211 cm³/mol. The summed E-state index contributed by atoms with van der Waals surface area (Å²) in [5.74, 6) is -1.01. The fourth-order valence-electron chi connectivity index (χ4n) is 7.22. The van der Waals surface area contributed by atoms with Crippen molar-refractivity contribution < 1.29 is 23.9 Å². The lowest BCUT2D eigenvalue weighted by Crippen LogP contribution is -2.39. The van der Waals surface area contributed by atoms with E-state index in [-0.39, 0.29) is 52.0 Å². The molecular weight excluding hydrogens is 755 g/mol. The molecule has 6 rings (SSSR count). The number of fused-ring (bicyclic) bond motifs is 2. The van der Waals surface area contributed by atoms with Crippen LogP contribution in [-0.4, -0.2) is 79.3 Å². The van der Waals surface area contributed by atoms with E-state index in [0.29, 0.717) is 50.2 Å². The van der Waals surface area contributed by atoms with Gasteiger partial charge in [-0.1, -0.05) is 72.7 Å². The number of hydrogen-bond donors (Lipinski definition) is 2. The third-order valence-corrected chi connectivity index (χ3v) is 13.4. The number of benzene rings is 2. The average Bonchev–Trinajstić information content (AvgIpc) is 3.66. The second kappa shape index (κ2) is 18.6. The van der Waals surface area contributed by atoms with Crippen LogP contribution in [0.3, 0.4) is 0 Å². The molecule has 0 aliphatic carbocycles. The number of aromatic nitrogens is 4. The molecule has 0 saturated carbocycles. The molecule has 4 heterocycles. The number of ether oxygens (including phenoxy) is 1. The third-order valence-electron chi connectivity index (χ3n) is 9.80. The van der Waals surface area contributed by atoms with Crippen LogP contribution in [0.5, 0.6) is 0 Å². The van der Waals surface area contributed by atoms with Crippen molar-refractivity contribution in [2.45, 2.75) is 99.1 Å². The highest BCUT2D eigenvalue weighted by molar-refractivity contribution is 8.00. The summed E-state index contributed by atoms with van der Waals surface area (Å²) >= 11 is 15.5. The minimum absolute atomic E-state index is 0.102. The number of imidazole rings is 2. The summed E-state index contributed by atoms with van der Waals surface area (Å²) in [5, 5.41) is 7.72. The van der Waals surface area contributed by atoms with Crippen LogP contribution in [0.25, 0.3) is 22.1 Å². The number of nitrogens with zero attached hydrogens (tertiary/aromatic N) is 4. The first-order chi connectivity index (χ1) is 25.7. The maximum atomic E-state index is 13.6. The molecule has 11 nitrogen and oxygen atoms in total. The predicted octanol–water partition coefficient (Wildman–Crippen LogP) is 7.12. The zero-order valence-corrected chi connectivity index (χ0v) is 33.2. The van der Waals surface area contributed by atoms with E-state index in [1.807, 2.05) is 38.1 Å². The maximum absolute atomic E-state index is 13.6. The Hall–Kier alpha value is -2.94. The molecule has 0 spiro atoms. The van der Waals surface area contributed by atoms with Crippen molar-refractivity contribution >= 4 is 92.3 Å². The number of para-hydroxylation sites is 2. The summed E-state index contributed by atoms with van der Waals surface area (Å²) in [4.78, 5) is 63.6. The molecule has 2 aliphatic heterocycles. The lowest BCUT2D eigenvalue weighted by molar-refractivity contribution is -0.160. The van der Waals surface area contributed by atoms with Gasteiger partial charge >= 0.3 is 11.9 Å². The summed E-state index contributed by atoms with van der Waals surface area (Å²) in [6, 6.07) is 10.7. The molecule has 2 fully saturated rings. The molecule has 0 amide bonds. The van der Waals surface area contributed by atoms with Crippen molar-refractivity contribution in [1.82, 2.24) is 29.7 Å². The maximum Gasteiger partial charge on any atom is 0.333 e. The fourth-order valence-corrected chi connectivity index (χ4v) is 10.2. The van der Waals surface area contributed by atoms with E-state index in [1.165, 1.54) is 23.5 Å². The molecular formula is C38H46Cl2N6O5S2. The SMILES string of the molecule is CCCC(=O)C(Sc1nc2ccccc2n1CC(=O)OC(=O)Cn1c(SC(C(=O)CCC)C2CCCNC2)nc2cc(Cl)c(Cl)cc21)C1CCCNC1. The molecule has 2 N–H and O–H groups in total. The summed E-state index contributed by atoms with van der Waals surface area (Å²) in [7, 11) is 0. The van der Waals surface area contributed by atoms with E-state index < -0.39 is 11.9 Å². The number of piperidine rings is 2. The first-order valence-electron chi connectivity index (χ1n) is 18.5. The highest BCUT2D eigenvalue weighted by Crippen LogP contribution is 2.37. The average molecular weight is 802 g/mol. The van der Waals surface area contributed by atoms with Gasteiger partial charge in [0.15, 0.2) is 10.3 Å². The second-order valence-electron chi connectivity index (χ2n) is 13.8. The van der Waals surface area contributed by atoms with E-state index in [0.717, 1.165) is 64.7 Å². The summed E-state index contributed by atoms with van der Waals surface area (Å²) < 4.78 is 8.85. The molecule has 4 aromatic rings. The molecule has 2 aliphatic rings. The first-order valence-corrected chi connectivity index (χ1v) is 21.0. The van der Waals surface area contributed by atoms with Crippen molar-refractivity contribution in [1.29, 1.82) is 0 Å². The molecule has 15 heteroatoms. The van der Waals surface area contributed by atoms with Gasteiger partial charge in [0.25, 0.3) is 0 Å². The summed E-state index contributed by atoms with van der Waals surface area (Å²) in [6.07, 6.45) is 6.19. The van der Waals surface area contributed by atoms with Crippen LogP contribution >= 0.6 is 46.7 Å². The van der Waals surface area contributed by atoms with Gasteiger partial charge in [0, 0.05) is 12.8 Å². The molecule has 0 bridgehead atoms. The van der Waals surface area contributed by atoms with Crippen LogP contribution in [0, 0.1) is 11.8 Å². The Morgan fingerprint density at radius 2 is 1.28 bits per heavy atom. The number of nitrogens with one attached hydrogen (secondary N) is 2. The van der Waals surface area contributed by atoms with E-state index in [2.05, 4.69) is 10.6 Å².